The lowest BCUT2D eigenvalue weighted by molar-refractivity contribution is -0.384. The lowest BCUT2D eigenvalue weighted by atomic mass is 10.3. The smallest absolute Gasteiger partial charge is 0.269 e. The lowest BCUT2D eigenvalue weighted by Crippen LogP contribution is -3.00. The van der Waals surface area contributed by atoms with E-state index in [9.17, 15) is 10.1 Å². The van der Waals surface area contributed by atoms with Crippen LogP contribution in [0.3, 0.4) is 0 Å². The Morgan fingerprint density at radius 1 is 1.27 bits per heavy atom. The first-order chi connectivity index (χ1) is 4.70. The van der Waals surface area contributed by atoms with Crippen LogP contribution in [0.4, 0.5) is 11.4 Å². The van der Waals surface area contributed by atoms with Gasteiger partial charge in [-0.3, -0.25) is 10.1 Å². The number of nitrogens with zero attached hydrogens (tertiary/aromatic N) is 1. The first-order valence-electron chi connectivity index (χ1n) is 2.70. The minimum absolute atomic E-state index is 0. The molecule has 0 amide bonds. The van der Waals surface area contributed by atoms with Crippen molar-refractivity contribution in [3.63, 3.8) is 0 Å². The first kappa shape index (κ1) is 9.71. The maximum absolute atomic E-state index is 10.1. The number of hydrogen-bond acceptors (Lipinski definition) is 3. The topological polar surface area (TPSA) is 69.2 Å². The van der Waals surface area contributed by atoms with Crippen LogP contribution in [0.1, 0.15) is 0 Å². The molecule has 0 saturated carbocycles. The second-order valence-corrected chi connectivity index (χ2v) is 1.85. The minimum atomic E-state index is -0.459. The minimum Gasteiger partial charge on any atom is -1.00 e. The van der Waals surface area contributed by atoms with Gasteiger partial charge in [0.05, 0.1) is 4.92 Å². The van der Waals surface area contributed by atoms with Gasteiger partial charge in [0.25, 0.3) is 5.69 Å². The van der Waals surface area contributed by atoms with Crippen molar-refractivity contribution in [3.8, 4) is 0 Å². The lowest BCUT2D eigenvalue weighted by Gasteiger charge is -1.90. The Morgan fingerprint density at radius 3 is 2.09 bits per heavy atom. The largest absolute Gasteiger partial charge is 1.00 e. The third kappa shape index (κ3) is 2.43. The van der Waals surface area contributed by atoms with Gasteiger partial charge in [0.15, 0.2) is 0 Å². The van der Waals surface area contributed by atoms with Crippen molar-refractivity contribution >= 4 is 11.4 Å². The molecule has 4 nitrogen and oxygen atoms in total. The standard InChI is InChI=1S/C6H6N2O2.ClH/c7-5-1-3-6(4-2-5)8(9)10;/h1-4H,7H2;1H/p-1. The van der Waals surface area contributed by atoms with E-state index in [0.29, 0.717) is 5.69 Å². The van der Waals surface area contributed by atoms with Crippen LogP contribution in [0.25, 0.3) is 0 Å². The average Bonchev–Trinajstić information content (AvgIpc) is 1.88. The fraction of sp³-hybridized carbons (Fsp3) is 0. The Bertz CT molecular complexity index is 247. The van der Waals surface area contributed by atoms with Gasteiger partial charge in [-0.25, -0.2) is 0 Å². The van der Waals surface area contributed by atoms with Crippen molar-refractivity contribution in [1.82, 2.24) is 0 Å². The van der Waals surface area contributed by atoms with Gasteiger partial charge in [0.2, 0.25) is 0 Å². The Kier molecular flexibility index (Phi) is 3.33. The number of rotatable bonds is 1. The quantitative estimate of drug-likeness (QED) is 0.309. The molecule has 0 aliphatic heterocycles. The van der Waals surface area contributed by atoms with Crippen LogP contribution in [0, 0.1) is 10.1 Å². The first-order valence-corrected chi connectivity index (χ1v) is 2.70. The fourth-order valence-corrected chi connectivity index (χ4v) is 0.596. The number of nitrogens with two attached hydrogens (primary N) is 1. The SMILES string of the molecule is Nc1ccc([N+](=O)[O-])cc1.[Cl-]. The molecule has 0 saturated heterocycles. The van der Waals surface area contributed by atoms with Gasteiger partial charge in [0.1, 0.15) is 0 Å². The van der Waals surface area contributed by atoms with E-state index < -0.39 is 4.92 Å². The van der Waals surface area contributed by atoms with Crippen LogP contribution >= 0.6 is 0 Å². The summed E-state index contributed by atoms with van der Waals surface area (Å²) in [7, 11) is 0. The number of benzene rings is 1. The maximum Gasteiger partial charge on any atom is 0.269 e. The molecular weight excluding hydrogens is 168 g/mol. The molecule has 0 fully saturated rings. The summed E-state index contributed by atoms with van der Waals surface area (Å²) in [5.41, 5.74) is 5.90. The van der Waals surface area contributed by atoms with Gasteiger partial charge in [-0.1, -0.05) is 0 Å². The van der Waals surface area contributed by atoms with Gasteiger partial charge in [-0.05, 0) is 12.1 Å². The van der Waals surface area contributed by atoms with E-state index in [2.05, 4.69) is 0 Å². The van der Waals surface area contributed by atoms with Gasteiger partial charge < -0.3 is 18.1 Å². The zero-order valence-electron chi connectivity index (χ0n) is 5.53. The second-order valence-electron chi connectivity index (χ2n) is 1.85. The van der Waals surface area contributed by atoms with Gasteiger partial charge in [-0.15, -0.1) is 0 Å². The molecule has 1 rings (SSSR count). The van der Waals surface area contributed by atoms with Crippen molar-refractivity contribution in [2.75, 3.05) is 5.73 Å². The number of non-ortho nitro benzene ring substituents is 1. The van der Waals surface area contributed by atoms with Crippen LogP contribution in [-0.4, -0.2) is 4.92 Å². The molecule has 0 unspecified atom stereocenters. The number of nitro groups is 1. The molecule has 2 N–H and O–H groups in total. The van der Waals surface area contributed by atoms with E-state index in [1.165, 1.54) is 24.3 Å². The molecule has 0 atom stereocenters. The highest BCUT2D eigenvalue weighted by Gasteiger charge is 2.00. The van der Waals surface area contributed by atoms with Gasteiger partial charge in [0, 0.05) is 17.8 Å². The van der Waals surface area contributed by atoms with Crippen LogP contribution in [0.2, 0.25) is 0 Å². The van der Waals surface area contributed by atoms with Crippen LogP contribution < -0.4 is 18.1 Å². The summed E-state index contributed by atoms with van der Waals surface area (Å²) in [4.78, 5) is 9.62. The number of hydrogen-bond donors (Lipinski definition) is 1. The molecule has 1 aromatic rings. The van der Waals surface area contributed by atoms with E-state index in [0.717, 1.165) is 0 Å². The molecule has 11 heavy (non-hydrogen) atoms. The highest BCUT2D eigenvalue weighted by molar-refractivity contribution is 5.44. The number of nitro benzene ring substituents is 1. The highest BCUT2D eigenvalue weighted by Crippen LogP contribution is 2.11. The Balaban J connectivity index is 0.000001000. The van der Waals surface area contributed by atoms with Gasteiger partial charge >= 0.3 is 0 Å². The van der Waals surface area contributed by atoms with Crippen LogP contribution in [0.5, 0.6) is 0 Å². The van der Waals surface area contributed by atoms with E-state index in [1.807, 2.05) is 0 Å². The van der Waals surface area contributed by atoms with Crippen LogP contribution in [0.15, 0.2) is 24.3 Å². The third-order valence-electron chi connectivity index (χ3n) is 1.10. The molecule has 0 aliphatic rings. The summed E-state index contributed by atoms with van der Waals surface area (Å²) < 4.78 is 0. The normalized spacial score (nSPS) is 8.36. The molecular formula is C6H6ClN2O2-. The Labute approximate surface area is 69.6 Å². The zero-order chi connectivity index (χ0) is 7.56. The van der Waals surface area contributed by atoms with Crippen molar-refractivity contribution in [3.05, 3.63) is 34.4 Å². The predicted molar refractivity (Wildman–Crippen MR) is 37.5 cm³/mol. The molecule has 1 aromatic carbocycles. The van der Waals surface area contributed by atoms with E-state index in [1.54, 1.807) is 0 Å². The number of nitrogen functional groups attached to an aromatic ring is 1. The molecule has 0 aromatic heterocycles. The molecule has 60 valence electrons. The van der Waals surface area contributed by atoms with Crippen LogP contribution in [-0.2, 0) is 0 Å². The Morgan fingerprint density at radius 2 is 1.73 bits per heavy atom. The van der Waals surface area contributed by atoms with Crippen molar-refractivity contribution in [2.24, 2.45) is 0 Å². The number of halogens is 1. The number of anilines is 1. The van der Waals surface area contributed by atoms with E-state index >= 15 is 0 Å². The highest BCUT2D eigenvalue weighted by atomic mass is 35.5. The summed E-state index contributed by atoms with van der Waals surface area (Å²) in [6.07, 6.45) is 0. The summed E-state index contributed by atoms with van der Waals surface area (Å²) in [6, 6.07) is 5.74. The molecule has 0 spiro atoms. The average molecular weight is 174 g/mol. The third-order valence-corrected chi connectivity index (χ3v) is 1.10. The Hall–Kier alpha value is -1.29. The molecule has 0 heterocycles. The summed E-state index contributed by atoms with van der Waals surface area (Å²) >= 11 is 0. The van der Waals surface area contributed by atoms with E-state index in [4.69, 9.17) is 5.73 Å². The second kappa shape index (κ2) is 3.78. The monoisotopic (exact) mass is 173 g/mol. The maximum atomic E-state index is 10.1. The summed E-state index contributed by atoms with van der Waals surface area (Å²) in [5, 5.41) is 10.1. The van der Waals surface area contributed by atoms with Crippen molar-refractivity contribution in [2.45, 2.75) is 0 Å². The molecule has 0 bridgehead atoms. The fourth-order valence-electron chi connectivity index (χ4n) is 0.596. The van der Waals surface area contributed by atoms with Crippen molar-refractivity contribution < 1.29 is 17.3 Å². The summed E-state index contributed by atoms with van der Waals surface area (Å²) in [6.45, 7) is 0. The summed E-state index contributed by atoms with van der Waals surface area (Å²) in [5.74, 6) is 0. The zero-order valence-corrected chi connectivity index (χ0v) is 6.28. The predicted octanol–water partition coefficient (Wildman–Crippen LogP) is -1.82. The van der Waals surface area contributed by atoms with Gasteiger partial charge in [-0.2, -0.15) is 0 Å². The van der Waals surface area contributed by atoms with Crippen molar-refractivity contribution in [1.29, 1.82) is 0 Å². The van der Waals surface area contributed by atoms with E-state index in [-0.39, 0.29) is 18.1 Å². The molecule has 0 aliphatic carbocycles. The molecule has 0 radical (unpaired) electrons. The molecule has 5 heteroatoms.